The Labute approximate surface area is 84.9 Å². The number of nitrogens with one attached hydrogen (secondary N) is 1. The van der Waals surface area contributed by atoms with Crippen LogP contribution >= 0.6 is 0 Å². The minimum absolute atomic E-state index is 0.181. The lowest BCUT2D eigenvalue weighted by Crippen LogP contribution is -2.05. The number of rotatable bonds is 0. The molecular weight excluding hydrogens is 203 g/mol. The zero-order valence-electron chi connectivity index (χ0n) is 8.37. The van der Waals surface area contributed by atoms with Crippen molar-refractivity contribution in [3.63, 3.8) is 0 Å². The van der Waals surface area contributed by atoms with Gasteiger partial charge in [-0.1, -0.05) is 12.1 Å². The van der Waals surface area contributed by atoms with Crippen molar-refractivity contribution in [1.82, 2.24) is 4.98 Å². The van der Waals surface area contributed by atoms with Gasteiger partial charge < -0.3 is 4.98 Å². The second kappa shape index (κ2) is 3.02. The zero-order chi connectivity index (χ0) is 11.2. The van der Waals surface area contributed by atoms with Crippen molar-refractivity contribution in [1.29, 1.82) is 0 Å². The van der Waals surface area contributed by atoms with Crippen LogP contribution in [0, 0.1) is 13.8 Å². The smallest absolute Gasteiger partial charge is 0.358 e. The fraction of sp³-hybridized carbons (Fsp3) is 0.273. The summed E-state index contributed by atoms with van der Waals surface area (Å²) < 4.78 is 37.9. The van der Waals surface area contributed by atoms with Gasteiger partial charge in [0.15, 0.2) is 0 Å². The third-order valence-electron chi connectivity index (χ3n) is 2.65. The van der Waals surface area contributed by atoms with Crippen LogP contribution in [0.25, 0.3) is 10.9 Å². The molecule has 1 N–H and O–H groups in total. The molecule has 1 nitrogen and oxygen atoms in total. The van der Waals surface area contributed by atoms with E-state index in [1.807, 2.05) is 6.92 Å². The topological polar surface area (TPSA) is 15.8 Å². The zero-order valence-corrected chi connectivity index (χ0v) is 8.37. The minimum Gasteiger partial charge on any atom is -0.358 e. The molecule has 0 atom stereocenters. The van der Waals surface area contributed by atoms with Crippen molar-refractivity contribution in [2.45, 2.75) is 20.0 Å². The lowest BCUT2D eigenvalue weighted by atomic mass is 10.1. The van der Waals surface area contributed by atoms with Crippen molar-refractivity contribution in [3.05, 3.63) is 35.0 Å². The molecule has 2 aromatic rings. The molecule has 1 aromatic carbocycles. The number of hydrogen-bond acceptors (Lipinski definition) is 0. The summed E-state index contributed by atoms with van der Waals surface area (Å²) in [6.07, 6.45) is -4.30. The van der Waals surface area contributed by atoms with Crippen molar-refractivity contribution in [2.75, 3.05) is 0 Å². The molecule has 0 saturated carbocycles. The highest BCUT2D eigenvalue weighted by molar-refractivity contribution is 5.87. The highest BCUT2D eigenvalue weighted by Gasteiger charge is 2.33. The molecule has 15 heavy (non-hydrogen) atoms. The van der Waals surface area contributed by atoms with E-state index in [1.165, 1.54) is 6.07 Å². The number of aromatic amines is 1. The van der Waals surface area contributed by atoms with Crippen LogP contribution < -0.4 is 0 Å². The van der Waals surface area contributed by atoms with Crippen molar-refractivity contribution < 1.29 is 13.2 Å². The van der Waals surface area contributed by atoms with Crippen LogP contribution in [0.5, 0.6) is 0 Å². The van der Waals surface area contributed by atoms with Crippen LogP contribution in [0.2, 0.25) is 0 Å². The fourth-order valence-corrected chi connectivity index (χ4v) is 1.72. The second-order valence-electron chi connectivity index (χ2n) is 3.60. The fourth-order valence-electron chi connectivity index (χ4n) is 1.72. The molecule has 4 heteroatoms. The number of para-hydroxylation sites is 1. The maximum Gasteiger partial charge on any atom is 0.418 e. The van der Waals surface area contributed by atoms with E-state index in [1.54, 1.807) is 13.0 Å². The third-order valence-corrected chi connectivity index (χ3v) is 2.65. The SMILES string of the molecule is Cc1[nH]c2c(C(F)(F)F)cccc2c1C. The molecule has 0 saturated heterocycles. The van der Waals surface area contributed by atoms with E-state index in [0.29, 0.717) is 5.39 Å². The van der Waals surface area contributed by atoms with Gasteiger partial charge in [-0.15, -0.1) is 0 Å². The van der Waals surface area contributed by atoms with Gasteiger partial charge in [-0.2, -0.15) is 13.2 Å². The van der Waals surface area contributed by atoms with Crippen molar-refractivity contribution in [2.24, 2.45) is 0 Å². The predicted octanol–water partition coefficient (Wildman–Crippen LogP) is 3.80. The second-order valence-corrected chi connectivity index (χ2v) is 3.60. The van der Waals surface area contributed by atoms with Crippen LogP contribution in [0.1, 0.15) is 16.8 Å². The van der Waals surface area contributed by atoms with E-state index in [2.05, 4.69) is 4.98 Å². The van der Waals surface area contributed by atoms with E-state index in [-0.39, 0.29) is 5.52 Å². The van der Waals surface area contributed by atoms with E-state index >= 15 is 0 Å². The third kappa shape index (κ3) is 1.50. The van der Waals surface area contributed by atoms with Gasteiger partial charge in [-0.05, 0) is 25.5 Å². The Balaban J connectivity index is 2.83. The van der Waals surface area contributed by atoms with Crippen LogP contribution in [0.3, 0.4) is 0 Å². The average molecular weight is 213 g/mol. The molecule has 0 aliphatic rings. The van der Waals surface area contributed by atoms with Crippen LogP contribution in [-0.4, -0.2) is 4.98 Å². The molecular formula is C11H10F3N. The quantitative estimate of drug-likeness (QED) is 0.685. The lowest BCUT2D eigenvalue weighted by molar-refractivity contribution is -0.136. The van der Waals surface area contributed by atoms with E-state index < -0.39 is 11.7 Å². The minimum atomic E-state index is -4.30. The Kier molecular flexibility index (Phi) is 2.03. The highest BCUT2D eigenvalue weighted by Crippen LogP contribution is 2.35. The molecule has 80 valence electrons. The summed E-state index contributed by atoms with van der Waals surface area (Å²) in [7, 11) is 0. The summed E-state index contributed by atoms with van der Waals surface area (Å²) >= 11 is 0. The van der Waals surface area contributed by atoms with Gasteiger partial charge in [0.05, 0.1) is 11.1 Å². The molecule has 1 heterocycles. The molecule has 1 aromatic heterocycles. The predicted molar refractivity (Wildman–Crippen MR) is 52.8 cm³/mol. The van der Waals surface area contributed by atoms with Crippen molar-refractivity contribution >= 4 is 10.9 Å². The number of halogens is 3. The van der Waals surface area contributed by atoms with Crippen molar-refractivity contribution in [3.8, 4) is 0 Å². The van der Waals surface area contributed by atoms with E-state index in [9.17, 15) is 13.2 Å². The Morgan fingerprint density at radius 2 is 1.80 bits per heavy atom. The van der Waals surface area contributed by atoms with E-state index in [4.69, 9.17) is 0 Å². The molecule has 0 amide bonds. The molecule has 0 radical (unpaired) electrons. The Morgan fingerprint density at radius 3 is 2.40 bits per heavy atom. The summed E-state index contributed by atoms with van der Waals surface area (Å²) in [4.78, 5) is 2.78. The monoisotopic (exact) mass is 213 g/mol. The molecule has 0 aliphatic heterocycles. The first kappa shape index (κ1) is 10.1. The number of hydrogen-bond donors (Lipinski definition) is 1. The standard InChI is InChI=1S/C11H10F3N/c1-6-7(2)15-10-8(6)4-3-5-9(10)11(12,13)14/h3-5,15H,1-2H3. The van der Waals surface area contributed by atoms with Gasteiger partial charge in [0.2, 0.25) is 0 Å². The van der Waals surface area contributed by atoms with Gasteiger partial charge >= 0.3 is 6.18 Å². The average Bonchev–Trinajstić information content (AvgIpc) is 2.41. The number of fused-ring (bicyclic) bond motifs is 1. The number of aryl methyl sites for hydroxylation is 2. The number of H-pyrrole nitrogens is 1. The lowest BCUT2D eigenvalue weighted by Gasteiger charge is -2.07. The number of benzene rings is 1. The molecule has 0 fully saturated rings. The molecule has 0 bridgehead atoms. The van der Waals surface area contributed by atoms with Gasteiger partial charge in [0, 0.05) is 11.1 Å². The maximum atomic E-state index is 12.6. The molecule has 2 rings (SSSR count). The first-order valence-electron chi connectivity index (χ1n) is 4.56. The molecule has 0 aliphatic carbocycles. The normalized spacial score (nSPS) is 12.3. The summed E-state index contributed by atoms with van der Waals surface area (Å²) in [5.41, 5.74) is 1.23. The first-order valence-corrected chi connectivity index (χ1v) is 4.56. The van der Waals surface area contributed by atoms with Crippen LogP contribution in [0.4, 0.5) is 13.2 Å². The highest BCUT2D eigenvalue weighted by atomic mass is 19.4. The van der Waals surface area contributed by atoms with Crippen LogP contribution in [0.15, 0.2) is 18.2 Å². The number of aromatic nitrogens is 1. The molecule has 0 unspecified atom stereocenters. The molecule has 0 spiro atoms. The Hall–Kier alpha value is -1.45. The maximum absolute atomic E-state index is 12.6. The van der Waals surface area contributed by atoms with Crippen LogP contribution in [-0.2, 0) is 6.18 Å². The number of alkyl halides is 3. The Bertz CT molecular complexity index is 508. The van der Waals surface area contributed by atoms with E-state index in [0.717, 1.165) is 17.3 Å². The summed E-state index contributed by atoms with van der Waals surface area (Å²) in [6.45, 7) is 3.59. The summed E-state index contributed by atoms with van der Waals surface area (Å²) in [6, 6.07) is 4.23. The summed E-state index contributed by atoms with van der Waals surface area (Å²) in [5.74, 6) is 0. The first-order chi connectivity index (χ1) is 6.91. The van der Waals surface area contributed by atoms with Gasteiger partial charge in [0.1, 0.15) is 0 Å². The van der Waals surface area contributed by atoms with Gasteiger partial charge in [-0.3, -0.25) is 0 Å². The van der Waals surface area contributed by atoms with Gasteiger partial charge in [-0.25, -0.2) is 0 Å². The largest absolute Gasteiger partial charge is 0.418 e. The Morgan fingerprint density at radius 1 is 1.13 bits per heavy atom. The summed E-state index contributed by atoms with van der Waals surface area (Å²) in [5, 5.41) is 0.641. The van der Waals surface area contributed by atoms with Gasteiger partial charge in [0.25, 0.3) is 0 Å².